The quantitative estimate of drug-likeness (QED) is 0.838. The van der Waals surface area contributed by atoms with E-state index >= 15 is 0 Å². The van der Waals surface area contributed by atoms with Crippen molar-refractivity contribution in [1.82, 2.24) is 14.8 Å². The predicted molar refractivity (Wildman–Crippen MR) is 102 cm³/mol. The van der Waals surface area contributed by atoms with Gasteiger partial charge < -0.3 is 24.3 Å². The summed E-state index contributed by atoms with van der Waals surface area (Å²) in [7, 11) is 3.47. The van der Waals surface area contributed by atoms with Crippen LogP contribution in [-0.4, -0.2) is 69.0 Å². The highest BCUT2D eigenvalue weighted by Gasteiger charge is 2.48. The molecule has 0 radical (unpaired) electrons. The van der Waals surface area contributed by atoms with Crippen molar-refractivity contribution in [3.63, 3.8) is 0 Å². The number of carbonyl (C=O) groups is 1. The molecule has 0 aliphatic carbocycles. The van der Waals surface area contributed by atoms with Crippen LogP contribution in [0, 0.1) is 25.2 Å². The van der Waals surface area contributed by atoms with E-state index in [0.717, 1.165) is 69.1 Å². The lowest BCUT2D eigenvalue weighted by molar-refractivity contribution is 0.0701. The maximum atomic E-state index is 13.3. The number of aromatic nitrogens is 1. The van der Waals surface area contributed by atoms with Gasteiger partial charge in [-0.3, -0.25) is 4.79 Å². The van der Waals surface area contributed by atoms with Crippen molar-refractivity contribution in [2.75, 3.05) is 53.6 Å². The van der Waals surface area contributed by atoms with E-state index in [1.54, 1.807) is 14.2 Å². The maximum Gasteiger partial charge on any atom is 0.255 e. The number of likely N-dealkylation sites (tertiary alicyclic amines) is 1. The highest BCUT2D eigenvalue weighted by atomic mass is 16.5. The van der Waals surface area contributed by atoms with Crippen LogP contribution in [0.2, 0.25) is 0 Å². The third-order valence-electron chi connectivity index (χ3n) is 6.39. The Morgan fingerprint density at radius 2 is 2.00 bits per heavy atom. The average Bonchev–Trinajstić information content (AvgIpc) is 3.12. The molecule has 1 aromatic rings. The van der Waals surface area contributed by atoms with Crippen molar-refractivity contribution in [2.45, 2.75) is 33.2 Å². The number of rotatable bonds is 6. The summed E-state index contributed by atoms with van der Waals surface area (Å²) in [5.74, 6) is 0.591. The van der Waals surface area contributed by atoms with E-state index in [0.29, 0.717) is 12.5 Å². The molecule has 1 unspecified atom stereocenters. The van der Waals surface area contributed by atoms with E-state index in [-0.39, 0.29) is 11.3 Å². The second-order valence-corrected chi connectivity index (χ2v) is 7.88. The van der Waals surface area contributed by atoms with Gasteiger partial charge in [0, 0.05) is 51.2 Å². The molecule has 2 fully saturated rings. The molecule has 1 spiro atoms. The molecule has 3 heterocycles. The second kappa shape index (κ2) is 8.11. The number of amides is 1. The number of nitrogens with zero attached hydrogens (tertiary/aromatic N) is 2. The molecular weight excluding hydrogens is 330 g/mol. The van der Waals surface area contributed by atoms with Crippen LogP contribution in [0.1, 0.15) is 34.6 Å². The van der Waals surface area contributed by atoms with Crippen molar-refractivity contribution in [3.05, 3.63) is 23.0 Å². The lowest BCUT2D eigenvalue weighted by Crippen LogP contribution is -2.43. The van der Waals surface area contributed by atoms with Gasteiger partial charge in [0.1, 0.15) is 0 Å². The van der Waals surface area contributed by atoms with Gasteiger partial charge in [-0.15, -0.1) is 0 Å². The fraction of sp³-hybridized carbons (Fsp3) is 0.750. The van der Waals surface area contributed by atoms with Crippen LogP contribution >= 0.6 is 0 Å². The fourth-order valence-electron chi connectivity index (χ4n) is 4.82. The minimum Gasteiger partial charge on any atom is -0.384 e. The third kappa shape index (κ3) is 3.55. The highest BCUT2D eigenvalue weighted by Crippen LogP contribution is 2.44. The zero-order valence-electron chi connectivity index (χ0n) is 16.6. The Hall–Kier alpha value is -1.37. The van der Waals surface area contributed by atoms with Crippen LogP contribution in [0.25, 0.3) is 0 Å². The number of ether oxygens (including phenoxy) is 2. The summed E-state index contributed by atoms with van der Waals surface area (Å²) in [5, 5.41) is 3.45. The van der Waals surface area contributed by atoms with Gasteiger partial charge in [0.15, 0.2) is 0 Å². The topological polar surface area (TPSA) is 55.7 Å². The molecule has 6 nitrogen and oxygen atoms in total. The summed E-state index contributed by atoms with van der Waals surface area (Å²) >= 11 is 0. The van der Waals surface area contributed by atoms with Crippen LogP contribution in [0.4, 0.5) is 0 Å². The average molecular weight is 364 g/mol. The lowest BCUT2D eigenvalue weighted by atomic mass is 9.71. The molecule has 1 aromatic heterocycles. The van der Waals surface area contributed by atoms with Crippen LogP contribution in [-0.2, 0) is 16.0 Å². The summed E-state index contributed by atoms with van der Waals surface area (Å²) in [6, 6.07) is 2.03. The predicted octanol–water partition coefficient (Wildman–Crippen LogP) is 1.84. The molecule has 2 aliphatic rings. The molecule has 3 rings (SSSR count). The summed E-state index contributed by atoms with van der Waals surface area (Å²) in [6.07, 6.45) is 2.25. The van der Waals surface area contributed by atoms with Crippen molar-refractivity contribution >= 4 is 5.91 Å². The Kier molecular flexibility index (Phi) is 6.05. The number of hydrogen-bond donors (Lipinski definition) is 1. The standard InChI is InChI=1S/C20H33N3O3/c1-15-11-18(16(2)23(15)9-10-25-3)19(24)22-12-17(13-26-4)20(14-22)5-7-21-8-6-20/h11,17,21H,5-10,12-14H2,1-4H3. The first-order valence-corrected chi connectivity index (χ1v) is 9.67. The summed E-state index contributed by atoms with van der Waals surface area (Å²) in [4.78, 5) is 15.4. The van der Waals surface area contributed by atoms with E-state index < -0.39 is 0 Å². The first kappa shape index (κ1) is 19.4. The molecule has 2 aliphatic heterocycles. The number of carbonyl (C=O) groups excluding carboxylic acids is 1. The Labute approximate surface area is 156 Å². The SMILES string of the molecule is COCCn1c(C)cc(C(=O)N2CC(COC)C3(CCNCC3)C2)c1C. The number of methoxy groups -OCH3 is 2. The van der Waals surface area contributed by atoms with E-state index in [9.17, 15) is 4.79 Å². The van der Waals surface area contributed by atoms with Crippen LogP contribution < -0.4 is 5.32 Å². The van der Waals surface area contributed by atoms with E-state index in [1.165, 1.54) is 0 Å². The van der Waals surface area contributed by atoms with Gasteiger partial charge in [-0.2, -0.15) is 0 Å². The van der Waals surface area contributed by atoms with Crippen molar-refractivity contribution in [1.29, 1.82) is 0 Å². The number of aryl methyl sites for hydroxylation is 1. The summed E-state index contributed by atoms with van der Waals surface area (Å²) in [6.45, 7) is 9.99. The molecule has 0 aromatic carbocycles. The third-order valence-corrected chi connectivity index (χ3v) is 6.39. The van der Waals surface area contributed by atoms with Gasteiger partial charge >= 0.3 is 0 Å². The Bertz CT molecular complexity index is 634. The van der Waals surface area contributed by atoms with Gasteiger partial charge in [-0.25, -0.2) is 0 Å². The zero-order chi connectivity index (χ0) is 18.7. The molecule has 1 N–H and O–H groups in total. The van der Waals surface area contributed by atoms with E-state index in [2.05, 4.69) is 21.7 Å². The normalized spacial score (nSPS) is 22.3. The van der Waals surface area contributed by atoms with Gasteiger partial charge in [-0.05, 0) is 51.3 Å². The zero-order valence-corrected chi connectivity index (χ0v) is 16.6. The monoisotopic (exact) mass is 363 g/mol. The van der Waals surface area contributed by atoms with E-state index in [4.69, 9.17) is 9.47 Å². The molecule has 1 atom stereocenters. The second-order valence-electron chi connectivity index (χ2n) is 7.88. The van der Waals surface area contributed by atoms with Gasteiger partial charge in [0.25, 0.3) is 5.91 Å². The molecule has 0 bridgehead atoms. The van der Waals surface area contributed by atoms with Crippen LogP contribution in [0.15, 0.2) is 6.07 Å². The van der Waals surface area contributed by atoms with Crippen molar-refractivity contribution in [3.8, 4) is 0 Å². The first-order valence-electron chi connectivity index (χ1n) is 9.67. The Morgan fingerprint density at radius 1 is 1.27 bits per heavy atom. The smallest absolute Gasteiger partial charge is 0.255 e. The molecule has 0 saturated carbocycles. The number of nitrogens with one attached hydrogen (secondary N) is 1. The number of piperidine rings is 1. The van der Waals surface area contributed by atoms with E-state index in [1.807, 2.05) is 13.0 Å². The first-order chi connectivity index (χ1) is 12.5. The van der Waals surface area contributed by atoms with Gasteiger partial charge in [0.05, 0.1) is 18.8 Å². The molecule has 1 amide bonds. The summed E-state index contributed by atoms with van der Waals surface area (Å²) < 4.78 is 12.9. The van der Waals surface area contributed by atoms with Crippen LogP contribution in [0.5, 0.6) is 0 Å². The van der Waals surface area contributed by atoms with Crippen LogP contribution in [0.3, 0.4) is 0 Å². The molecular formula is C20H33N3O3. The van der Waals surface area contributed by atoms with Gasteiger partial charge in [0.2, 0.25) is 0 Å². The minimum absolute atomic E-state index is 0.165. The van der Waals surface area contributed by atoms with Crippen molar-refractivity contribution < 1.29 is 14.3 Å². The largest absolute Gasteiger partial charge is 0.384 e. The lowest BCUT2D eigenvalue weighted by Gasteiger charge is -2.38. The molecule has 2 saturated heterocycles. The van der Waals surface area contributed by atoms with Gasteiger partial charge in [-0.1, -0.05) is 0 Å². The maximum absolute atomic E-state index is 13.3. The fourth-order valence-corrected chi connectivity index (χ4v) is 4.82. The summed E-state index contributed by atoms with van der Waals surface area (Å²) in [5.41, 5.74) is 3.20. The van der Waals surface area contributed by atoms with Crippen molar-refractivity contribution in [2.24, 2.45) is 11.3 Å². The molecule has 6 heteroatoms. The molecule has 26 heavy (non-hydrogen) atoms. The molecule has 146 valence electrons. The number of hydrogen-bond acceptors (Lipinski definition) is 4. The minimum atomic E-state index is 0.165. The highest BCUT2D eigenvalue weighted by molar-refractivity contribution is 5.96. The Morgan fingerprint density at radius 3 is 2.65 bits per heavy atom. The Balaban J connectivity index is 1.80.